The highest BCUT2D eigenvalue weighted by Gasteiger charge is 2.40. The molecule has 0 amide bonds. The third kappa shape index (κ3) is 2.81. The SMILES string of the molecule is COC(=O)c1ccc(C(F)F)c(C#N)c1C(F)(F)F. The Hall–Kier alpha value is -2.17. The van der Waals surface area contributed by atoms with Gasteiger partial charge >= 0.3 is 12.1 Å². The molecular formula is C11H6F5NO2. The maximum Gasteiger partial charge on any atom is 0.418 e. The number of carbonyl (C=O) groups excluding carboxylic acids is 1. The number of hydrogen-bond acceptors (Lipinski definition) is 3. The summed E-state index contributed by atoms with van der Waals surface area (Å²) in [6.07, 6.45) is -8.39. The normalized spacial score (nSPS) is 11.3. The predicted octanol–water partition coefficient (Wildman–Crippen LogP) is 3.30. The van der Waals surface area contributed by atoms with Crippen LogP contribution in [0, 0.1) is 11.3 Å². The van der Waals surface area contributed by atoms with Gasteiger partial charge in [0.15, 0.2) is 0 Å². The Kier molecular flexibility index (Phi) is 4.09. The zero-order valence-electron chi connectivity index (χ0n) is 9.39. The van der Waals surface area contributed by atoms with Crippen LogP contribution < -0.4 is 0 Å². The highest BCUT2D eigenvalue weighted by molar-refractivity contribution is 5.92. The lowest BCUT2D eigenvalue weighted by Crippen LogP contribution is -2.17. The number of carbonyl (C=O) groups is 1. The molecule has 1 aromatic carbocycles. The molecule has 0 bridgehead atoms. The van der Waals surface area contributed by atoms with E-state index in [1.165, 1.54) is 0 Å². The van der Waals surface area contributed by atoms with E-state index in [9.17, 15) is 26.7 Å². The summed E-state index contributed by atoms with van der Waals surface area (Å²) in [5.41, 5.74) is -5.04. The van der Waals surface area contributed by atoms with Crippen LogP contribution in [-0.4, -0.2) is 13.1 Å². The van der Waals surface area contributed by atoms with Crippen molar-refractivity contribution in [3.05, 3.63) is 34.4 Å². The number of ether oxygens (including phenoxy) is 1. The fourth-order valence-electron chi connectivity index (χ4n) is 1.50. The van der Waals surface area contributed by atoms with E-state index in [0.29, 0.717) is 12.1 Å². The largest absolute Gasteiger partial charge is 0.465 e. The quantitative estimate of drug-likeness (QED) is 0.616. The molecule has 0 saturated heterocycles. The first-order valence-corrected chi connectivity index (χ1v) is 4.74. The highest BCUT2D eigenvalue weighted by Crippen LogP contribution is 2.38. The van der Waals surface area contributed by atoms with E-state index in [1.807, 2.05) is 0 Å². The molecule has 0 fully saturated rings. The first kappa shape index (κ1) is 14.9. The molecule has 0 aromatic heterocycles. The maximum atomic E-state index is 12.8. The molecule has 0 heterocycles. The summed E-state index contributed by atoms with van der Waals surface area (Å²) in [7, 11) is 0.843. The summed E-state index contributed by atoms with van der Waals surface area (Å²) < 4.78 is 67.8. The maximum absolute atomic E-state index is 12.8. The standard InChI is InChI=1S/C11H6F5NO2/c1-19-10(18)6-3-2-5(9(12)13)7(4-17)8(6)11(14,15)16/h2-3,9H,1H3. The van der Waals surface area contributed by atoms with E-state index in [2.05, 4.69) is 4.74 Å². The molecule has 1 aromatic rings. The summed E-state index contributed by atoms with van der Waals surface area (Å²) in [5.74, 6) is -1.36. The van der Waals surface area contributed by atoms with Crippen LogP contribution in [0.1, 0.15) is 33.5 Å². The number of benzene rings is 1. The summed E-state index contributed by atoms with van der Waals surface area (Å²) >= 11 is 0. The molecule has 0 aliphatic heterocycles. The molecule has 0 radical (unpaired) electrons. The van der Waals surface area contributed by atoms with Gasteiger partial charge in [-0.05, 0) is 6.07 Å². The summed E-state index contributed by atoms with van der Waals surface area (Å²) in [5, 5.41) is 8.65. The van der Waals surface area contributed by atoms with Gasteiger partial charge < -0.3 is 4.74 Å². The van der Waals surface area contributed by atoms with Crippen molar-refractivity contribution in [1.82, 2.24) is 0 Å². The van der Waals surface area contributed by atoms with E-state index in [0.717, 1.165) is 13.2 Å². The molecule has 0 aliphatic carbocycles. The number of hydrogen-bond donors (Lipinski definition) is 0. The molecule has 0 N–H and O–H groups in total. The molecule has 0 aliphatic rings. The van der Waals surface area contributed by atoms with Crippen molar-refractivity contribution in [1.29, 1.82) is 5.26 Å². The molecule has 0 spiro atoms. The van der Waals surface area contributed by atoms with E-state index in [1.54, 1.807) is 0 Å². The van der Waals surface area contributed by atoms with E-state index in [-0.39, 0.29) is 0 Å². The van der Waals surface area contributed by atoms with Gasteiger partial charge in [-0.25, -0.2) is 13.6 Å². The second-order valence-corrected chi connectivity index (χ2v) is 3.35. The highest BCUT2D eigenvalue weighted by atomic mass is 19.4. The van der Waals surface area contributed by atoms with Crippen molar-refractivity contribution >= 4 is 5.97 Å². The van der Waals surface area contributed by atoms with Gasteiger partial charge in [0, 0.05) is 5.56 Å². The summed E-state index contributed by atoms with van der Waals surface area (Å²) in [6, 6.07) is 2.23. The molecule has 0 unspecified atom stereocenters. The van der Waals surface area contributed by atoms with Crippen LogP contribution in [0.25, 0.3) is 0 Å². The van der Waals surface area contributed by atoms with Gasteiger partial charge in [0.25, 0.3) is 6.43 Å². The van der Waals surface area contributed by atoms with Gasteiger partial charge in [0.2, 0.25) is 0 Å². The van der Waals surface area contributed by atoms with Crippen molar-refractivity contribution in [2.75, 3.05) is 7.11 Å². The minimum atomic E-state index is -5.13. The fourth-order valence-corrected chi connectivity index (χ4v) is 1.50. The zero-order chi connectivity index (χ0) is 14.8. The van der Waals surface area contributed by atoms with E-state index >= 15 is 0 Å². The number of halogens is 5. The molecule has 0 atom stereocenters. The first-order valence-electron chi connectivity index (χ1n) is 4.74. The van der Waals surface area contributed by atoms with Crippen molar-refractivity contribution in [2.45, 2.75) is 12.6 Å². The van der Waals surface area contributed by atoms with Crippen LogP contribution in [0.3, 0.4) is 0 Å². The van der Waals surface area contributed by atoms with Gasteiger partial charge in [0.05, 0.1) is 23.8 Å². The lowest BCUT2D eigenvalue weighted by Gasteiger charge is -2.15. The summed E-state index contributed by atoms with van der Waals surface area (Å²) in [6.45, 7) is 0. The lowest BCUT2D eigenvalue weighted by atomic mass is 9.96. The van der Waals surface area contributed by atoms with Crippen molar-refractivity contribution in [2.24, 2.45) is 0 Å². The lowest BCUT2D eigenvalue weighted by molar-refractivity contribution is -0.138. The van der Waals surface area contributed by atoms with Gasteiger partial charge in [-0.3, -0.25) is 0 Å². The minimum Gasteiger partial charge on any atom is -0.465 e. The Morgan fingerprint density at radius 1 is 1.37 bits per heavy atom. The topological polar surface area (TPSA) is 50.1 Å². The van der Waals surface area contributed by atoms with Crippen molar-refractivity contribution < 1.29 is 31.5 Å². The third-order valence-corrected chi connectivity index (χ3v) is 2.27. The predicted molar refractivity (Wildman–Crippen MR) is 52.5 cm³/mol. The monoisotopic (exact) mass is 279 g/mol. The Labute approximate surface area is 104 Å². The third-order valence-electron chi connectivity index (χ3n) is 2.27. The molecule has 0 saturated carbocycles. The average Bonchev–Trinajstić information content (AvgIpc) is 2.34. The number of methoxy groups -OCH3 is 1. The number of rotatable bonds is 2. The smallest absolute Gasteiger partial charge is 0.418 e. The zero-order valence-corrected chi connectivity index (χ0v) is 9.39. The second kappa shape index (κ2) is 5.22. The van der Waals surface area contributed by atoms with Crippen molar-refractivity contribution in [3.8, 4) is 6.07 Å². The van der Waals surface area contributed by atoms with E-state index in [4.69, 9.17) is 5.26 Å². The van der Waals surface area contributed by atoms with Crippen LogP contribution >= 0.6 is 0 Å². The fraction of sp³-hybridized carbons (Fsp3) is 0.273. The molecule has 3 nitrogen and oxygen atoms in total. The van der Waals surface area contributed by atoms with Crippen LogP contribution in [-0.2, 0) is 10.9 Å². The van der Waals surface area contributed by atoms with E-state index < -0.39 is 40.8 Å². The van der Waals surface area contributed by atoms with Crippen LogP contribution in [0.5, 0.6) is 0 Å². The Balaban J connectivity index is 3.72. The Bertz CT molecular complexity index is 545. The molecular weight excluding hydrogens is 273 g/mol. The number of nitriles is 1. The number of alkyl halides is 5. The number of nitrogens with zero attached hydrogens (tertiary/aromatic N) is 1. The second-order valence-electron chi connectivity index (χ2n) is 3.35. The first-order chi connectivity index (χ1) is 8.73. The minimum absolute atomic E-state index is 0.566. The molecule has 1 rings (SSSR count). The van der Waals surface area contributed by atoms with Gasteiger partial charge in [-0.2, -0.15) is 18.4 Å². The average molecular weight is 279 g/mol. The van der Waals surface area contributed by atoms with Crippen LogP contribution in [0.15, 0.2) is 12.1 Å². The Morgan fingerprint density at radius 2 is 1.95 bits per heavy atom. The Morgan fingerprint density at radius 3 is 2.32 bits per heavy atom. The van der Waals surface area contributed by atoms with Gasteiger partial charge in [0.1, 0.15) is 6.07 Å². The van der Waals surface area contributed by atoms with Crippen LogP contribution in [0.4, 0.5) is 22.0 Å². The van der Waals surface area contributed by atoms with Gasteiger partial charge in [-0.1, -0.05) is 6.07 Å². The van der Waals surface area contributed by atoms with Crippen molar-refractivity contribution in [3.63, 3.8) is 0 Å². The number of esters is 1. The molecule has 102 valence electrons. The summed E-state index contributed by atoms with van der Waals surface area (Å²) in [4.78, 5) is 11.2. The van der Waals surface area contributed by atoms with Gasteiger partial charge in [-0.15, -0.1) is 0 Å². The van der Waals surface area contributed by atoms with Crippen LogP contribution in [0.2, 0.25) is 0 Å². The molecule has 19 heavy (non-hydrogen) atoms. The molecule has 8 heteroatoms.